The van der Waals surface area contributed by atoms with Gasteiger partial charge in [-0.15, -0.1) is 0 Å². The molecular formula is C12H14O3. The third-order valence-corrected chi connectivity index (χ3v) is 2.10. The van der Waals surface area contributed by atoms with E-state index >= 15 is 0 Å². The highest BCUT2D eigenvalue weighted by Gasteiger charge is 2.13. The van der Waals surface area contributed by atoms with Crippen LogP contribution >= 0.6 is 0 Å². The minimum Gasteiger partial charge on any atom is -0.490 e. The summed E-state index contributed by atoms with van der Waals surface area (Å²) in [7, 11) is 0. The molecular weight excluding hydrogens is 192 g/mol. The third kappa shape index (κ3) is 3.13. The Morgan fingerprint density at radius 2 is 2.40 bits per heavy atom. The summed E-state index contributed by atoms with van der Waals surface area (Å²) < 4.78 is 5.31. The molecule has 3 nitrogen and oxygen atoms in total. The van der Waals surface area contributed by atoms with Gasteiger partial charge in [-0.05, 0) is 24.6 Å². The number of carbonyl (C=O) groups is 1. The second-order valence-corrected chi connectivity index (χ2v) is 3.23. The number of ether oxygens (including phenoxy) is 1. The van der Waals surface area contributed by atoms with Gasteiger partial charge in [0, 0.05) is 0 Å². The van der Waals surface area contributed by atoms with Crippen molar-refractivity contribution in [3.05, 3.63) is 42.5 Å². The molecule has 80 valence electrons. The first-order valence-corrected chi connectivity index (χ1v) is 4.71. The Bertz CT molecular complexity index is 358. The van der Waals surface area contributed by atoms with Crippen molar-refractivity contribution in [2.24, 2.45) is 0 Å². The van der Waals surface area contributed by atoms with Gasteiger partial charge in [0.15, 0.2) is 0 Å². The molecule has 0 aliphatic rings. The Balaban J connectivity index is 2.82. The highest BCUT2D eigenvalue weighted by atomic mass is 16.5. The van der Waals surface area contributed by atoms with Crippen molar-refractivity contribution < 1.29 is 14.6 Å². The lowest BCUT2D eigenvalue weighted by molar-refractivity contribution is -0.138. The molecule has 0 aromatic heterocycles. The molecule has 1 aromatic rings. The smallest absolute Gasteiger partial charge is 0.310 e. The molecule has 0 saturated carbocycles. The van der Waals surface area contributed by atoms with E-state index in [2.05, 4.69) is 6.58 Å². The first-order chi connectivity index (χ1) is 7.15. The van der Waals surface area contributed by atoms with Gasteiger partial charge in [-0.25, -0.2) is 0 Å². The maximum Gasteiger partial charge on any atom is 0.310 e. The largest absolute Gasteiger partial charge is 0.490 e. The monoisotopic (exact) mass is 206 g/mol. The fourth-order valence-electron chi connectivity index (χ4n) is 1.17. The van der Waals surface area contributed by atoms with Crippen molar-refractivity contribution >= 4 is 5.97 Å². The van der Waals surface area contributed by atoms with Crippen LogP contribution in [0.2, 0.25) is 0 Å². The molecule has 3 heteroatoms. The van der Waals surface area contributed by atoms with E-state index in [-0.39, 0.29) is 0 Å². The Labute approximate surface area is 89.0 Å². The number of carboxylic acid groups (broad SMARTS) is 1. The summed E-state index contributed by atoms with van der Waals surface area (Å²) >= 11 is 0. The number of aliphatic carboxylic acids is 1. The van der Waals surface area contributed by atoms with E-state index in [9.17, 15) is 4.79 Å². The van der Waals surface area contributed by atoms with E-state index in [4.69, 9.17) is 9.84 Å². The first kappa shape index (κ1) is 11.3. The minimum absolute atomic E-state index is 0.422. The van der Waals surface area contributed by atoms with E-state index < -0.39 is 11.9 Å². The summed E-state index contributed by atoms with van der Waals surface area (Å²) in [6.07, 6.45) is 1.65. The molecule has 0 saturated heterocycles. The molecule has 0 amide bonds. The van der Waals surface area contributed by atoms with Crippen molar-refractivity contribution in [1.29, 1.82) is 0 Å². The summed E-state index contributed by atoms with van der Waals surface area (Å²) in [5.41, 5.74) is 0.740. The van der Waals surface area contributed by atoms with Gasteiger partial charge in [0.25, 0.3) is 0 Å². The van der Waals surface area contributed by atoms with Crippen molar-refractivity contribution in [3.63, 3.8) is 0 Å². The third-order valence-electron chi connectivity index (χ3n) is 2.10. The van der Waals surface area contributed by atoms with Crippen LogP contribution in [0.15, 0.2) is 36.9 Å². The van der Waals surface area contributed by atoms with Gasteiger partial charge in [0.2, 0.25) is 0 Å². The zero-order valence-electron chi connectivity index (χ0n) is 8.64. The van der Waals surface area contributed by atoms with Crippen LogP contribution in [0.1, 0.15) is 18.4 Å². The Morgan fingerprint density at radius 3 is 3.00 bits per heavy atom. The Hall–Kier alpha value is -1.77. The van der Waals surface area contributed by atoms with Gasteiger partial charge < -0.3 is 9.84 Å². The SMILES string of the molecule is C=CCOc1cccc(C(C)C(=O)O)c1. The van der Waals surface area contributed by atoms with Gasteiger partial charge in [-0.1, -0.05) is 24.8 Å². The summed E-state index contributed by atoms with van der Waals surface area (Å²) in [6.45, 7) is 5.61. The molecule has 1 aromatic carbocycles. The zero-order chi connectivity index (χ0) is 11.3. The second kappa shape index (κ2) is 5.20. The summed E-state index contributed by atoms with van der Waals surface area (Å²) in [5, 5.41) is 8.85. The number of rotatable bonds is 5. The lowest BCUT2D eigenvalue weighted by Crippen LogP contribution is -2.07. The number of hydrogen-bond acceptors (Lipinski definition) is 2. The molecule has 0 aliphatic heterocycles. The van der Waals surface area contributed by atoms with Crippen molar-refractivity contribution in [2.75, 3.05) is 6.61 Å². The van der Waals surface area contributed by atoms with Gasteiger partial charge in [-0.3, -0.25) is 4.79 Å². The maximum absolute atomic E-state index is 10.8. The summed E-state index contributed by atoms with van der Waals surface area (Å²) in [4.78, 5) is 10.8. The van der Waals surface area contributed by atoms with Crippen LogP contribution in [0.5, 0.6) is 5.75 Å². The molecule has 0 radical (unpaired) electrons. The standard InChI is InChI=1S/C12H14O3/c1-3-7-15-11-6-4-5-10(8-11)9(2)12(13)14/h3-6,8-9H,1,7H2,2H3,(H,13,14). The normalized spacial score (nSPS) is 11.8. The summed E-state index contributed by atoms with van der Waals surface area (Å²) in [5.74, 6) is -0.686. The van der Waals surface area contributed by atoms with Crippen LogP contribution in [0.25, 0.3) is 0 Å². The van der Waals surface area contributed by atoms with Gasteiger partial charge in [-0.2, -0.15) is 0 Å². The van der Waals surface area contributed by atoms with Crippen molar-refractivity contribution in [2.45, 2.75) is 12.8 Å². The van der Waals surface area contributed by atoms with Crippen molar-refractivity contribution in [1.82, 2.24) is 0 Å². The lowest BCUT2D eigenvalue weighted by atomic mass is 10.0. The van der Waals surface area contributed by atoms with Crippen LogP contribution in [0.4, 0.5) is 0 Å². The minimum atomic E-state index is -0.837. The van der Waals surface area contributed by atoms with Gasteiger partial charge in [0.05, 0.1) is 5.92 Å². The van der Waals surface area contributed by atoms with Gasteiger partial charge >= 0.3 is 5.97 Å². The maximum atomic E-state index is 10.8. The Kier molecular flexibility index (Phi) is 3.92. The lowest BCUT2D eigenvalue weighted by Gasteiger charge is -2.09. The van der Waals surface area contributed by atoms with Crippen LogP contribution in [-0.4, -0.2) is 17.7 Å². The predicted octanol–water partition coefficient (Wildman–Crippen LogP) is 2.44. The van der Waals surface area contributed by atoms with Crippen LogP contribution < -0.4 is 4.74 Å². The highest BCUT2D eigenvalue weighted by molar-refractivity contribution is 5.75. The number of carboxylic acids is 1. The van der Waals surface area contributed by atoms with Crippen LogP contribution in [0, 0.1) is 0 Å². The van der Waals surface area contributed by atoms with Crippen molar-refractivity contribution in [3.8, 4) is 5.75 Å². The van der Waals surface area contributed by atoms with E-state index in [1.54, 1.807) is 37.3 Å². The van der Waals surface area contributed by atoms with E-state index in [0.717, 1.165) is 5.56 Å². The first-order valence-electron chi connectivity index (χ1n) is 4.71. The highest BCUT2D eigenvalue weighted by Crippen LogP contribution is 2.20. The van der Waals surface area contributed by atoms with E-state index in [0.29, 0.717) is 12.4 Å². The number of benzene rings is 1. The topological polar surface area (TPSA) is 46.5 Å². The fraction of sp³-hybridized carbons (Fsp3) is 0.250. The molecule has 15 heavy (non-hydrogen) atoms. The van der Waals surface area contributed by atoms with Gasteiger partial charge in [0.1, 0.15) is 12.4 Å². The fourth-order valence-corrected chi connectivity index (χ4v) is 1.17. The molecule has 1 N–H and O–H groups in total. The number of hydrogen-bond donors (Lipinski definition) is 1. The molecule has 0 bridgehead atoms. The molecule has 0 heterocycles. The average molecular weight is 206 g/mol. The molecule has 0 aliphatic carbocycles. The van der Waals surface area contributed by atoms with Crippen LogP contribution in [0.3, 0.4) is 0 Å². The van der Waals surface area contributed by atoms with E-state index in [1.807, 2.05) is 0 Å². The zero-order valence-corrected chi connectivity index (χ0v) is 8.64. The molecule has 1 unspecified atom stereocenters. The predicted molar refractivity (Wildman–Crippen MR) is 58.2 cm³/mol. The molecule has 1 rings (SSSR count). The van der Waals surface area contributed by atoms with Crippen LogP contribution in [-0.2, 0) is 4.79 Å². The molecule has 0 spiro atoms. The second-order valence-electron chi connectivity index (χ2n) is 3.23. The van der Waals surface area contributed by atoms with E-state index in [1.165, 1.54) is 0 Å². The quantitative estimate of drug-likeness (QED) is 0.752. The summed E-state index contributed by atoms with van der Waals surface area (Å²) in [6, 6.07) is 7.09. The molecule has 0 fully saturated rings. The average Bonchev–Trinajstić information content (AvgIpc) is 2.25. The molecule has 1 atom stereocenters. The Morgan fingerprint density at radius 1 is 1.67 bits per heavy atom.